The van der Waals surface area contributed by atoms with Crippen LogP contribution in [-0.2, 0) is 6.42 Å². The second kappa shape index (κ2) is 10.4. The van der Waals surface area contributed by atoms with E-state index in [1.807, 2.05) is 0 Å². The van der Waals surface area contributed by atoms with Gasteiger partial charge in [-0.1, -0.05) is 19.8 Å². The molecule has 0 aliphatic heterocycles. The summed E-state index contributed by atoms with van der Waals surface area (Å²) in [5, 5.41) is 3.39. The quantitative estimate of drug-likeness (QED) is 0.627. The van der Waals surface area contributed by atoms with E-state index in [1.54, 1.807) is 13.2 Å². The van der Waals surface area contributed by atoms with Gasteiger partial charge in [-0.05, 0) is 50.4 Å². The zero-order valence-electron chi connectivity index (χ0n) is 13.5. The molecule has 21 heavy (non-hydrogen) atoms. The molecule has 0 saturated heterocycles. The number of hydrogen-bond acceptors (Lipinski definition) is 3. The van der Waals surface area contributed by atoms with Crippen LogP contribution in [0.15, 0.2) is 12.1 Å². The monoisotopic (exact) mass is 297 g/mol. The first-order valence-corrected chi connectivity index (χ1v) is 7.84. The normalized spacial score (nSPS) is 10.7. The Morgan fingerprint density at radius 1 is 0.952 bits per heavy atom. The first-order chi connectivity index (χ1) is 10.2. The molecule has 0 atom stereocenters. The van der Waals surface area contributed by atoms with Gasteiger partial charge in [0.2, 0.25) is 0 Å². The van der Waals surface area contributed by atoms with E-state index in [0.717, 1.165) is 32.4 Å². The summed E-state index contributed by atoms with van der Waals surface area (Å²) < 4.78 is 24.2. The van der Waals surface area contributed by atoms with Crippen molar-refractivity contribution >= 4 is 0 Å². The molecule has 0 heterocycles. The highest BCUT2D eigenvalue weighted by molar-refractivity contribution is 5.43. The predicted molar refractivity (Wildman–Crippen MR) is 84.8 cm³/mol. The summed E-state index contributed by atoms with van der Waals surface area (Å²) in [7, 11) is 3.09. The molecule has 120 valence electrons. The predicted octanol–water partition coefficient (Wildman–Crippen LogP) is 3.95. The molecule has 1 aromatic rings. The van der Waals surface area contributed by atoms with Gasteiger partial charge in [0.05, 0.1) is 14.2 Å². The molecule has 3 nitrogen and oxygen atoms in total. The molecular weight excluding hydrogens is 269 g/mol. The first kappa shape index (κ1) is 17.8. The third-order valence-electron chi connectivity index (χ3n) is 3.53. The van der Waals surface area contributed by atoms with E-state index in [4.69, 9.17) is 9.47 Å². The molecule has 0 saturated carbocycles. The number of halogens is 1. The van der Waals surface area contributed by atoms with Crippen molar-refractivity contribution in [2.45, 2.75) is 45.4 Å². The van der Waals surface area contributed by atoms with Crippen molar-refractivity contribution in [1.29, 1.82) is 0 Å². The average Bonchev–Trinajstić information content (AvgIpc) is 2.50. The van der Waals surface area contributed by atoms with Gasteiger partial charge >= 0.3 is 0 Å². The number of hydrogen-bond donors (Lipinski definition) is 1. The van der Waals surface area contributed by atoms with E-state index >= 15 is 0 Å². The van der Waals surface area contributed by atoms with Crippen LogP contribution in [0.3, 0.4) is 0 Å². The summed E-state index contributed by atoms with van der Waals surface area (Å²) in [6, 6.07) is 3.15. The molecule has 4 heteroatoms. The number of methoxy groups -OCH3 is 2. The number of aryl methyl sites for hydroxylation is 1. The Balaban J connectivity index is 2.32. The van der Waals surface area contributed by atoms with Gasteiger partial charge in [-0.2, -0.15) is 0 Å². The van der Waals surface area contributed by atoms with Gasteiger partial charge in [0.25, 0.3) is 0 Å². The Morgan fingerprint density at radius 2 is 1.62 bits per heavy atom. The highest BCUT2D eigenvalue weighted by Gasteiger charge is 2.10. The van der Waals surface area contributed by atoms with Crippen molar-refractivity contribution in [2.75, 3.05) is 27.3 Å². The van der Waals surface area contributed by atoms with E-state index in [2.05, 4.69) is 12.2 Å². The minimum atomic E-state index is -0.211. The maximum atomic E-state index is 13.9. The van der Waals surface area contributed by atoms with Crippen LogP contribution in [0.2, 0.25) is 0 Å². The summed E-state index contributed by atoms with van der Waals surface area (Å²) in [6.07, 6.45) is 6.43. The van der Waals surface area contributed by atoms with Gasteiger partial charge in [-0.15, -0.1) is 0 Å². The van der Waals surface area contributed by atoms with Gasteiger partial charge in [0.1, 0.15) is 5.82 Å². The Morgan fingerprint density at radius 3 is 2.29 bits per heavy atom. The molecule has 1 rings (SSSR count). The zero-order chi connectivity index (χ0) is 15.5. The highest BCUT2D eigenvalue weighted by atomic mass is 19.1. The molecule has 0 fully saturated rings. The van der Waals surface area contributed by atoms with Crippen LogP contribution < -0.4 is 14.8 Å². The molecule has 0 bridgehead atoms. The number of ether oxygens (including phenoxy) is 2. The van der Waals surface area contributed by atoms with E-state index in [1.165, 1.54) is 32.4 Å². The lowest BCUT2D eigenvalue weighted by molar-refractivity contribution is 0.351. The smallest absolute Gasteiger partial charge is 0.163 e. The van der Waals surface area contributed by atoms with Crippen LogP contribution in [0.25, 0.3) is 0 Å². The van der Waals surface area contributed by atoms with E-state index < -0.39 is 0 Å². The summed E-state index contributed by atoms with van der Waals surface area (Å²) >= 11 is 0. The van der Waals surface area contributed by atoms with Crippen LogP contribution in [0.5, 0.6) is 11.5 Å². The Hall–Kier alpha value is -1.29. The largest absolute Gasteiger partial charge is 0.493 e. The van der Waals surface area contributed by atoms with Crippen molar-refractivity contribution in [3.63, 3.8) is 0 Å². The van der Waals surface area contributed by atoms with Gasteiger partial charge in [-0.3, -0.25) is 0 Å². The molecule has 0 radical (unpaired) electrons. The summed E-state index contributed by atoms with van der Waals surface area (Å²) in [4.78, 5) is 0. The van der Waals surface area contributed by atoms with Crippen molar-refractivity contribution in [2.24, 2.45) is 0 Å². The minimum Gasteiger partial charge on any atom is -0.493 e. The van der Waals surface area contributed by atoms with Gasteiger partial charge in [0.15, 0.2) is 11.5 Å². The third kappa shape index (κ3) is 6.34. The number of unbranched alkanes of at least 4 members (excludes halogenated alkanes) is 3. The summed E-state index contributed by atoms with van der Waals surface area (Å²) in [6.45, 7) is 4.35. The van der Waals surface area contributed by atoms with E-state index in [0.29, 0.717) is 17.1 Å². The van der Waals surface area contributed by atoms with Crippen LogP contribution in [0.4, 0.5) is 4.39 Å². The molecule has 1 N–H and O–H groups in total. The van der Waals surface area contributed by atoms with Crippen molar-refractivity contribution < 1.29 is 13.9 Å². The Bertz CT molecular complexity index is 410. The Kier molecular flexibility index (Phi) is 8.83. The third-order valence-corrected chi connectivity index (χ3v) is 3.53. The standard InChI is InChI=1S/C17H28FNO2/c1-4-10-19-11-8-6-5-7-9-14-12-16(20-2)17(21-3)13-15(14)18/h12-13,19H,4-11H2,1-3H3. The number of rotatable bonds is 11. The van der Waals surface area contributed by atoms with E-state index in [9.17, 15) is 4.39 Å². The topological polar surface area (TPSA) is 30.5 Å². The fourth-order valence-electron chi connectivity index (χ4n) is 2.31. The first-order valence-electron chi connectivity index (χ1n) is 7.84. The second-order valence-electron chi connectivity index (χ2n) is 5.21. The Labute approximate surface area is 127 Å². The van der Waals surface area contributed by atoms with E-state index in [-0.39, 0.29) is 5.82 Å². The van der Waals surface area contributed by atoms with Crippen molar-refractivity contribution in [3.05, 3.63) is 23.5 Å². The lowest BCUT2D eigenvalue weighted by Crippen LogP contribution is -2.15. The molecule has 0 spiro atoms. The lowest BCUT2D eigenvalue weighted by atomic mass is 10.0. The van der Waals surface area contributed by atoms with Gasteiger partial charge in [0, 0.05) is 6.07 Å². The van der Waals surface area contributed by atoms with Crippen LogP contribution >= 0.6 is 0 Å². The lowest BCUT2D eigenvalue weighted by Gasteiger charge is -2.11. The van der Waals surface area contributed by atoms with Crippen LogP contribution in [0.1, 0.15) is 44.6 Å². The second-order valence-corrected chi connectivity index (χ2v) is 5.21. The molecule has 0 aromatic heterocycles. The van der Waals surface area contributed by atoms with Crippen molar-refractivity contribution in [1.82, 2.24) is 5.32 Å². The maximum Gasteiger partial charge on any atom is 0.163 e. The average molecular weight is 297 g/mol. The van der Waals surface area contributed by atoms with Crippen LogP contribution in [0, 0.1) is 5.82 Å². The SMILES string of the molecule is CCCNCCCCCCc1cc(OC)c(OC)cc1F. The maximum absolute atomic E-state index is 13.9. The highest BCUT2D eigenvalue weighted by Crippen LogP contribution is 2.30. The molecule has 1 aromatic carbocycles. The molecule has 0 aliphatic rings. The molecular formula is C17H28FNO2. The molecule has 0 aliphatic carbocycles. The van der Waals surface area contributed by atoms with Crippen LogP contribution in [-0.4, -0.2) is 27.3 Å². The van der Waals surface area contributed by atoms with Gasteiger partial charge in [-0.25, -0.2) is 4.39 Å². The zero-order valence-corrected chi connectivity index (χ0v) is 13.5. The van der Waals surface area contributed by atoms with Gasteiger partial charge < -0.3 is 14.8 Å². The summed E-state index contributed by atoms with van der Waals surface area (Å²) in [5.41, 5.74) is 0.705. The minimum absolute atomic E-state index is 0.211. The summed E-state index contributed by atoms with van der Waals surface area (Å²) in [5.74, 6) is 0.829. The fraction of sp³-hybridized carbons (Fsp3) is 0.647. The molecule has 0 amide bonds. The fourth-order valence-corrected chi connectivity index (χ4v) is 2.31. The number of nitrogens with one attached hydrogen (secondary N) is 1. The number of benzene rings is 1. The molecule has 0 unspecified atom stereocenters. The van der Waals surface area contributed by atoms with Crippen molar-refractivity contribution in [3.8, 4) is 11.5 Å².